The molecule has 1 atom stereocenters. The second-order valence-corrected chi connectivity index (χ2v) is 5.95. The van der Waals surface area contributed by atoms with Crippen molar-refractivity contribution in [3.05, 3.63) is 35.6 Å². The monoisotopic (exact) mass is 246 g/mol. The lowest BCUT2D eigenvalue weighted by Crippen LogP contribution is -2.29. The smallest absolute Gasteiger partial charge is 0.147 e. The van der Waals surface area contributed by atoms with Crippen LogP contribution in [0.15, 0.2) is 24.3 Å². The third kappa shape index (κ3) is 4.26. The van der Waals surface area contributed by atoms with Gasteiger partial charge in [0.05, 0.1) is 5.75 Å². The van der Waals surface area contributed by atoms with Crippen LogP contribution in [0.2, 0.25) is 0 Å². The Hall–Kier alpha value is -0.980. The maximum Gasteiger partial charge on any atom is 0.147 e. The average molecular weight is 246 g/mol. The predicted molar refractivity (Wildman–Crippen MR) is 60.8 cm³/mol. The van der Waals surface area contributed by atoms with Crippen molar-refractivity contribution in [1.82, 2.24) is 5.43 Å². The first-order valence-corrected chi connectivity index (χ1v) is 6.88. The van der Waals surface area contributed by atoms with Crippen molar-refractivity contribution in [1.29, 1.82) is 0 Å². The number of nitrogens with two attached hydrogens (primary N) is 1. The van der Waals surface area contributed by atoms with Crippen LogP contribution in [-0.2, 0) is 9.84 Å². The van der Waals surface area contributed by atoms with Gasteiger partial charge in [-0.25, -0.2) is 12.8 Å². The maximum atomic E-state index is 12.7. The van der Waals surface area contributed by atoms with Crippen LogP contribution in [0.4, 0.5) is 4.39 Å². The van der Waals surface area contributed by atoms with Gasteiger partial charge in [-0.05, 0) is 24.1 Å². The number of rotatable bonds is 5. The molecule has 0 aliphatic rings. The first-order valence-electron chi connectivity index (χ1n) is 4.81. The highest BCUT2D eigenvalue weighted by molar-refractivity contribution is 7.90. The molecule has 0 aliphatic carbocycles. The Labute approximate surface area is 94.5 Å². The molecule has 0 aliphatic heterocycles. The summed E-state index contributed by atoms with van der Waals surface area (Å²) in [6.45, 7) is 0. The van der Waals surface area contributed by atoms with Gasteiger partial charge in [0.1, 0.15) is 15.7 Å². The van der Waals surface area contributed by atoms with Crippen molar-refractivity contribution >= 4 is 9.84 Å². The fourth-order valence-corrected chi connectivity index (χ4v) is 2.04. The van der Waals surface area contributed by atoms with E-state index in [9.17, 15) is 12.8 Å². The Morgan fingerprint density at radius 3 is 2.38 bits per heavy atom. The van der Waals surface area contributed by atoms with Crippen molar-refractivity contribution < 1.29 is 12.8 Å². The van der Waals surface area contributed by atoms with Crippen molar-refractivity contribution in [2.45, 2.75) is 12.5 Å². The number of halogens is 1. The normalized spacial score (nSPS) is 13.7. The quantitative estimate of drug-likeness (QED) is 0.594. The Morgan fingerprint density at radius 1 is 1.38 bits per heavy atom. The highest BCUT2D eigenvalue weighted by atomic mass is 32.2. The fourth-order valence-electron chi connectivity index (χ4n) is 1.37. The van der Waals surface area contributed by atoms with E-state index in [1.165, 1.54) is 18.4 Å². The second-order valence-electron chi connectivity index (χ2n) is 3.69. The van der Waals surface area contributed by atoms with E-state index in [1.807, 2.05) is 0 Å². The summed E-state index contributed by atoms with van der Waals surface area (Å²) in [5, 5.41) is 0. The van der Waals surface area contributed by atoms with E-state index >= 15 is 0 Å². The van der Waals surface area contributed by atoms with Crippen LogP contribution in [0.1, 0.15) is 18.0 Å². The summed E-state index contributed by atoms with van der Waals surface area (Å²) in [6.07, 6.45) is 1.53. The van der Waals surface area contributed by atoms with Gasteiger partial charge in [0.25, 0.3) is 0 Å². The van der Waals surface area contributed by atoms with Crippen LogP contribution in [0, 0.1) is 5.82 Å². The predicted octanol–water partition coefficient (Wildman–Crippen LogP) is 0.765. The fraction of sp³-hybridized carbons (Fsp3) is 0.400. The maximum absolute atomic E-state index is 12.7. The summed E-state index contributed by atoms with van der Waals surface area (Å²) in [4.78, 5) is 0. The van der Waals surface area contributed by atoms with Crippen molar-refractivity contribution in [2.24, 2.45) is 5.84 Å². The minimum absolute atomic E-state index is 0.0409. The molecule has 3 N–H and O–H groups in total. The zero-order valence-electron chi connectivity index (χ0n) is 8.98. The van der Waals surface area contributed by atoms with Crippen molar-refractivity contribution in [3.8, 4) is 0 Å². The third-order valence-electron chi connectivity index (χ3n) is 2.25. The Balaban J connectivity index is 2.71. The molecule has 0 aromatic heterocycles. The molecule has 0 spiro atoms. The minimum Gasteiger partial charge on any atom is -0.271 e. The van der Waals surface area contributed by atoms with Gasteiger partial charge < -0.3 is 0 Å². The van der Waals surface area contributed by atoms with Crippen LogP contribution in [-0.4, -0.2) is 20.4 Å². The largest absolute Gasteiger partial charge is 0.271 e. The van der Waals surface area contributed by atoms with E-state index in [0.717, 1.165) is 5.56 Å². The number of nitrogens with one attached hydrogen (secondary N) is 1. The van der Waals surface area contributed by atoms with Gasteiger partial charge in [0.15, 0.2) is 0 Å². The van der Waals surface area contributed by atoms with Crippen LogP contribution in [0.5, 0.6) is 0 Å². The molecule has 0 fully saturated rings. The highest BCUT2D eigenvalue weighted by Crippen LogP contribution is 2.16. The minimum atomic E-state index is -3.02. The first kappa shape index (κ1) is 13.1. The number of benzene rings is 1. The lowest BCUT2D eigenvalue weighted by molar-refractivity contribution is 0.529. The molecule has 0 heterocycles. The molecular weight excluding hydrogens is 231 g/mol. The molecule has 0 bridgehead atoms. The van der Waals surface area contributed by atoms with Gasteiger partial charge in [-0.1, -0.05) is 12.1 Å². The lowest BCUT2D eigenvalue weighted by atomic mass is 10.1. The van der Waals surface area contributed by atoms with Gasteiger partial charge in [-0.2, -0.15) is 0 Å². The second kappa shape index (κ2) is 5.38. The van der Waals surface area contributed by atoms with Crippen LogP contribution in [0.3, 0.4) is 0 Å². The number of sulfone groups is 1. The lowest BCUT2D eigenvalue weighted by Gasteiger charge is -2.15. The van der Waals surface area contributed by atoms with Crippen molar-refractivity contribution in [3.63, 3.8) is 0 Å². The zero-order valence-corrected chi connectivity index (χ0v) is 9.80. The first-order chi connectivity index (χ1) is 7.42. The molecule has 1 unspecified atom stereocenters. The van der Waals surface area contributed by atoms with Gasteiger partial charge in [-0.15, -0.1) is 0 Å². The van der Waals surface area contributed by atoms with E-state index in [4.69, 9.17) is 5.84 Å². The Kier molecular flexibility index (Phi) is 4.40. The summed E-state index contributed by atoms with van der Waals surface area (Å²) in [6, 6.07) is 5.53. The van der Waals surface area contributed by atoms with E-state index in [1.54, 1.807) is 12.1 Å². The summed E-state index contributed by atoms with van der Waals surface area (Å²) >= 11 is 0. The van der Waals surface area contributed by atoms with Gasteiger partial charge in [-0.3, -0.25) is 11.3 Å². The number of hydrogen-bond acceptors (Lipinski definition) is 4. The molecule has 0 amide bonds. The van der Waals surface area contributed by atoms with Gasteiger partial charge in [0.2, 0.25) is 0 Å². The summed E-state index contributed by atoms with van der Waals surface area (Å²) in [7, 11) is -3.02. The summed E-state index contributed by atoms with van der Waals surface area (Å²) < 4.78 is 34.7. The van der Waals surface area contributed by atoms with E-state index in [-0.39, 0.29) is 17.6 Å². The Morgan fingerprint density at radius 2 is 1.94 bits per heavy atom. The summed E-state index contributed by atoms with van der Waals surface area (Å²) in [5.74, 6) is 5.04. The molecule has 90 valence electrons. The standard InChI is InChI=1S/C10H15FN2O2S/c1-16(14,15)7-6-10(13-12)8-2-4-9(11)5-3-8/h2-5,10,13H,6-7,12H2,1H3. The highest BCUT2D eigenvalue weighted by Gasteiger charge is 2.12. The molecular formula is C10H15FN2O2S. The van der Waals surface area contributed by atoms with Crippen LogP contribution in [0.25, 0.3) is 0 Å². The summed E-state index contributed by atoms with van der Waals surface area (Å²) in [5.41, 5.74) is 3.29. The van der Waals surface area contributed by atoms with E-state index in [2.05, 4.69) is 5.43 Å². The van der Waals surface area contributed by atoms with Crippen LogP contribution >= 0.6 is 0 Å². The SMILES string of the molecule is CS(=O)(=O)CCC(NN)c1ccc(F)cc1. The molecule has 1 aromatic carbocycles. The molecule has 16 heavy (non-hydrogen) atoms. The molecule has 1 rings (SSSR count). The van der Waals surface area contributed by atoms with Crippen LogP contribution < -0.4 is 11.3 Å². The molecule has 1 aromatic rings. The third-order valence-corrected chi connectivity index (χ3v) is 3.23. The van der Waals surface area contributed by atoms with E-state index < -0.39 is 9.84 Å². The molecule has 0 saturated heterocycles. The zero-order chi connectivity index (χ0) is 12.2. The van der Waals surface area contributed by atoms with Gasteiger partial charge >= 0.3 is 0 Å². The number of hydrazine groups is 1. The number of hydrogen-bond donors (Lipinski definition) is 2. The van der Waals surface area contributed by atoms with Crippen molar-refractivity contribution in [2.75, 3.05) is 12.0 Å². The molecule has 4 nitrogen and oxygen atoms in total. The molecule has 6 heteroatoms. The average Bonchev–Trinajstić information content (AvgIpc) is 2.20. The Bertz CT molecular complexity index is 431. The molecule has 0 radical (unpaired) electrons. The topological polar surface area (TPSA) is 72.2 Å². The molecule has 0 saturated carbocycles. The van der Waals surface area contributed by atoms with E-state index in [0.29, 0.717) is 6.42 Å². The van der Waals surface area contributed by atoms with Gasteiger partial charge in [0, 0.05) is 12.3 Å².